The molecule has 20 heavy (non-hydrogen) atoms. The van der Waals surface area contributed by atoms with Crippen LogP contribution in [0.5, 0.6) is 0 Å². The Morgan fingerprint density at radius 2 is 1.45 bits per heavy atom. The summed E-state index contributed by atoms with van der Waals surface area (Å²) in [5.41, 5.74) is 3.27. The van der Waals surface area contributed by atoms with Gasteiger partial charge in [-0.25, -0.2) is 9.97 Å². The van der Waals surface area contributed by atoms with Crippen molar-refractivity contribution < 1.29 is 0 Å². The fourth-order valence-corrected chi connectivity index (χ4v) is 2.16. The molecule has 0 spiro atoms. The van der Waals surface area contributed by atoms with Gasteiger partial charge in [-0.1, -0.05) is 48.5 Å². The van der Waals surface area contributed by atoms with Crippen molar-refractivity contribution >= 4 is 27.6 Å². The Hall–Kier alpha value is -2.20. The van der Waals surface area contributed by atoms with Crippen LogP contribution in [-0.2, 0) is 0 Å². The van der Waals surface area contributed by atoms with Crippen molar-refractivity contribution in [2.24, 2.45) is 0 Å². The van der Waals surface area contributed by atoms with E-state index in [1.807, 2.05) is 36.4 Å². The van der Waals surface area contributed by atoms with E-state index in [9.17, 15) is 0 Å². The first-order valence-corrected chi connectivity index (χ1v) is 7.01. The monoisotopic (exact) mass is 325 g/mol. The van der Waals surface area contributed by atoms with Crippen LogP contribution in [-0.4, -0.2) is 9.97 Å². The Kier molecular flexibility index (Phi) is 3.74. The van der Waals surface area contributed by atoms with Crippen LogP contribution in [0.1, 0.15) is 0 Å². The zero-order chi connectivity index (χ0) is 13.8. The van der Waals surface area contributed by atoms with E-state index in [0.717, 1.165) is 21.3 Å². The lowest BCUT2D eigenvalue weighted by Crippen LogP contribution is -1.97. The predicted octanol–water partition coefficient (Wildman–Crippen LogP) is 4.65. The fourth-order valence-electron chi connectivity index (χ4n) is 1.96. The van der Waals surface area contributed by atoms with E-state index in [2.05, 4.69) is 49.4 Å². The van der Waals surface area contributed by atoms with Crippen LogP contribution in [0.2, 0.25) is 0 Å². The number of benzene rings is 2. The lowest BCUT2D eigenvalue weighted by molar-refractivity contribution is 1.15. The van der Waals surface area contributed by atoms with Crippen LogP contribution in [0.3, 0.4) is 0 Å². The Balaban J connectivity index is 1.96. The minimum atomic E-state index is 0.580. The first-order valence-electron chi connectivity index (χ1n) is 6.22. The van der Waals surface area contributed by atoms with Crippen molar-refractivity contribution in [2.45, 2.75) is 0 Å². The molecular formula is C16H12BrN3. The van der Waals surface area contributed by atoms with Gasteiger partial charge in [0.1, 0.15) is 0 Å². The van der Waals surface area contributed by atoms with Crippen LogP contribution >= 0.6 is 15.9 Å². The van der Waals surface area contributed by atoms with Gasteiger partial charge < -0.3 is 5.32 Å². The van der Waals surface area contributed by atoms with Gasteiger partial charge in [0.05, 0.1) is 4.47 Å². The van der Waals surface area contributed by atoms with Crippen molar-refractivity contribution in [2.75, 3.05) is 5.32 Å². The molecule has 4 heteroatoms. The normalized spacial score (nSPS) is 10.2. The molecular weight excluding hydrogens is 314 g/mol. The SMILES string of the molecule is Brc1cnc(Nc2ccccc2-c2ccccc2)nc1. The van der Waals surface area contributed by atoms with Crippen LogP contribution < -0.4 is 5.32 Å². The van der Waals surface area contributed by atoms with E-state index in [1.54, 1.807) is 12.4 Å². The van der Waals surface area contributed by atoms with Crippen molar-refractivity contribution in [1.29, 1.82) is 0 Å². The number of nitrogens with zero attached hydrogens (tertiary/aromatic N) is 2. The van der Waals surface area contributed by atoms with E-state index < -0.39 is 0 Å². The molecule has 3 aromatic rings. The third kappa shape index (κ3) is 2.86. The highest BCUT2D eigenvalue weighted by Gasteiger charge is 2.05. The van der Waals surface area contributed by atoms with Gasteiger partial charge in [-0.15, -0.1) is 0 Å². The molecule has 0 aliphatic heterocycles. The molecule has 0 saturated carbocycles. The zero-order valence-electron chi connectivity index (χ0n) is 10.6. The van der Waals surface area contributed by atoms with Gasteiger partial charge in [0.2, 0.25) is 5.95 Å². The highest BCUT2D eigenvalue weighted by Crippen LogP contribution is 2.29. The Morgan fingerprint density at radius 3 is 2.20 bits per heavy atom. The molecule has 0 saturated heterocycles. The quantitative estimate of drug-likeness (QED) is 0.761. The number of aromatic nitrogens is 2. The summed E-state index contributed by atoms with van der Waals surface area (Å²) in [5, 5.41) is 3.26. The average Bonchev–Trinajstić information content (AvgIpc) is 2.51. The van der Waals surface area contributed by atoms with Gasteiger partial charge in [-0.05, 0) is 27.6 Å². The highest BCUT2D eigenvalue weighted by atomic mass is 79.9. The minimum Gasteiger partial charge on any atom is -0.324 e. The average molecular weight is 326 g/mol. The van der Waals surface area contributed by atoms with Crippen LogP contribution in [0.25, 0.3) is 11.1 Å². The molecule has 3 nitrogen and oxygen atoms in total. The maximum absolute atomic E-state index is 4.24. The molecule has 0 aliphatic rings. The van der Waals surface area contributed by atoms with Gasteiger partial charge in [0.25, 0.3) is 0 Å². The van der Waals surface area contributed by atoms with E-state index in [1.165, 1.54) is 0 Å². The van der Waals surface area contributed by atoms with Crippen LogP contribution in [0.15, 0.2) is 71.5 Å². The van der Waals surface area contributed by atoms with Gasteiger partial charge in [-0.2, -0.15) is 0 Å². The van der Waals surface area contributed by atoms with Crippen molar-refractivity contribution in [3.63, 3.8) is 0 Å². The number of rotatable bonds is 3. The summed E-state index contributed by atoms with van der Waals surface area (Å²) in [6, 6.07) is 18.4. The molecule has 0 unspecified atom stereocenters. The molecule has 2 aromatic carbocycles. The molecule has 1 N–H and O–H groups in total. The Bertz CT molecular complexity index is 696. The summed E-state index contributed by atoms with van der Waals surface area (Å²) in [7, 11) is 0. The second-order valence-electron chi connectivity index (χ2n) is 4.26. The highest BCUT2D eigenvalue weighted by molar-refractivity contribution is 9.10. The van der Waals surface area contributed by atoms with Crippen molar-refractivity contribution in [1.82, 2.24) is 9.97 Å². The fraction of sp³-hybridized carbons (Fsp3) is 0. The molecule has 1 heterocycles. The van der Waals surface area contributed by atoms with Crippen molar-refractivity contribution in [3.05, 3.63) is 71.5 Å². The third-order valence-corrected chi connectivity index (χ3v) is 3.29. The molecule has 1 aromatic heterocycles. The molecule has 0 fully saturated rings. The summed E-state index contributed by atoms with van der Waals surface area (Å²) in [4.78, 5) is 8.48. The predicted molar refractivity (Wildman–Crippen MR) is 84.9 cm³/mol. The van der Waals surface area contributed by atoms with E-state index in [-0.39, 0.29) is 0 Å². The number of nitrogens with one attached hydrogen (secondary N) is 1. The lowest BCUT2D eigenvalue weighted by Gasteiger charge is -2.10. The second kappa shape index (κ2) is 5.84. The summed E-state index contributed by atoms with van der Waals surface area (Å²) in [6.45, 7) is 0. The number of hydrogen-bond acceptors (Lipinski definition) is 3. The largest absolute Gasteiger partial charge is 0.324 e. The van der Waals surface area contributed by atoms with E-state index in [0.29, 0.717) is 5.95 Å². The minimum absolute atomic E-state index is 0.580. The maximum Gasteiger partial charge on any atom is 0.227 e. The Labute approximate surface area is 125 Å². The molecule has 98 valence electrons. The van der Waals surface area contributed by atoms with Crippen LogP contribution in [0.4, 0.5) is 11.6 Å². The first-order chi connectivity index (χ1) is 9.83. The van der Waals surface area contributed by atoms with Crippen LogP contribution in [0, 0.1) is 0 Å². The topological polar surface area (TPSA) is 37.8 Å². The summed E-state index contributed by atoms with van der Waals surface area (Å²) >= 11 is 3.33. The van der Waals surface area contributed by atoms with Crippen molar-refractivity contribution in [3.8, 4) is 11.1 Å². The molecule has 0 bridgehead atoms. The van der Waals surface area contributed by atoms with Gasteiger partial charge >= 0.3 is 0 Å². The zero-order valence-corrected chi connectivity index (χ0v) is 12.2. The third-order valence-electron chi connectivity index (χ3n) is 2.88. The summed E-state index contributed by atoms with van der Waals surface area (Å²) in [6.07, 6.45) is 3.45. The standard InChI is InChI=1S/C16H12BrN3/c17-13-10-18-16(19-11-13)20-15-9-5-4-8-14(15)12-6-2-1-3-7-12/h1-11H,(H,18,19,20). The van der Waals surface area contributed by atoms with Gasteiger partial charge in [0, 0.05) is 23.6 Å². The first kappa shape index (κ1) is 12.8. The summed E-state index contributed by atoms with van der Waals surface area (Å²) in [5.74, 6) is 0.580. The molecule has 0 amide bonds. The smallest absolute Gasteiger partial charge is 0.227 e. The molecule has 0 radical (unpaired) electrons. The number of halogens is 1. The molecule has 0 atom stereocenters. The Morgan fingerprint density at radius 1 is 0.800 bits per heavy atom. The van der Waals surface area contributed by atoms with Gasteiger partial charge in [-0.3, -0.25) is 0 Å². The second-order valence-corrected chi connectivity index (χ2v) is 5.18. The number of hydrogen-bond donors (Lipinski definition) is 1. The number of anilines is 2. The summed E-state index contributed by atoms with van der Waals surface area (Å²) < 4.78 is 0.861. The molecule has 3 rings (SSSR count). The van der Waals surface area contributed by atoms with Gasteiger partial charge in [0.15, 0.2) is 0 Å². The van der Waals surface area contributed by atoms with E-state index in [4.69, 9.17) is 0 Å². The maximum atomic E-state index is 4.24. The lowest BCUT2D eigenvalue weighted by atomic mass is 10.0. The van der Waals surface area contributed by atoms with E-state index >= 15 is 0 Å². The number of para-hydroxylation sites is 1. The molecule has 0 aliphatic carbocycles.